The van der Waals surface area contributed by atoms with Crippen LogP contribution in [-0.4, -0.2) is 12.5 Å². The molecule has 2 N–H and O–H groups in total. The molecule has 0 unspecified atom stereocenters. The van der Waals surface area contributed by atoms with Gasteiger partial charge in [-0.25, -0.2) is 0 Å². The Bertz CT molecular complexity index is 754. The molecule has 1 aliphatic rings. The third-order valence-electron chi connectivity index (χ3n) is 4.24. The number of anilines is 1. The Labute approximate surface area is 137 Å². The Morgan fingerprint density at radius 3 is 2.46 bits per heavy atom. The fourth-order valence-corrected chi connectivity index (χ4v) is 2.99. The van der Waals surface area contributed by atoms with Crippen LogP contribution < -0.4 is 10.6 Å². The van der Waals surface area contributed by atoms with Gasteiger partial charge in [0.1, 0.15) is 0 Å². The molecule has 2 aromatic carbocycles. The van der Waals surface area contributed by atoms with Gasteiger partial charge in [-0.15, -0.1) is 0 Å². The van der Waals surface area contributed by atoms with Crippen LogP contribution in [0.5, 0.6) is 0 Å². The van der Waals surface area contributed by atoms with Crippen LogP contribution >= 0.6 is 0 Å². The number of carbonyl (C=O) groups is 1. The van der Waals surface area contributed by atoms with Gasteiger partial charge in [0.05, 0.1) is 5.56 Å². The number of benzene rings is 2. The lowest BCUT2D eigenvalue weighted by atomic mass is 9.98. The van der Waals surface area contributed by atoms with Crippen molar-refractivity contribution in [3.8, 4) is 0 Å². The van der Waals surface area contributed by atoms with E-state index in [2.05, 4.69) is 0 Å². The highest BCUT2D eigenvalue weighted by Gasteiger charge is 2.32. The van der Waals surface area contributed by atoms with Crippen LogP contribution in [0.25, 0.3) is 0 Å². The molecule has 0 fully saturated rings. The second-order valence-corrected chi connectivity index (χ2v) is 5.93. The minimum absolute atomic E-state index is 0.414. The summed E-state index contributed by atoms with van der Waals surface area (Å²) in [5.41, 5.74) is 7.49. The fourth-order valence-electron chi connectivity index (χ4n) is 2.99. The van der Waals surface area contributed by atoms with Crippen molar-refractivity contribution in [3.05, 3.63) is 64.7 Å². The van der Waals surface area contributed by atoms with Gasteiger partial charge in [-0.1, -0.05) is 18.2 Å². The largest absolute Gasteiger partial charge is 0.416 e. The molecule has 3 nitrogen and oxygen atoms in total. The molecule has 0 saturated carbocycles. The van der Waals surface area contributed by atoms with Crippen molar-refractivity contribution in [3.63, 3.8) is 0 Å². The first kappa shape index (κ1) is 16.4. The highest BCUT2D eigenvalue weighted by molar-refractivity contribution is 5.92. The number of amides is 1. The summed E-state index contributed by atoms with van der Waals surface area (Å²) < 4.78 is 38.9. The normalized spacial score (nSPS) is 14.4. The molecule has 0 bridgehead atoms. The van der Waals surface area contributed by atoms with E-state index in [1.807, 2.05) is 4.90 Å². The Morgan fingerprint density at radius 2 is 1.83 bits per heavy atom. The van der Waals surface area contributed by atoms with Crippen LogP contribution in [0.3, 0.4) is 0 Å². The molecular formula is C18H17F3N2O. The Hall–Kier alpha value is -2.50. The number of alkyl halides is 3. The Morgan fingerprint density at radius 1 is 1.12 bits per heavy atom. The summed E-state index contributed by atoms with van der Waals surface area (Å²) >= 11 is 0. The van der Waals surface area contributed by atoms with Crippen molar-refractivity contribution in [2.45, 2.75) is 25.6 Å². The number of carbonyl (C=O) groups excluding carboxylic acids is 1. The molecule has 1 aliphatic heterocycles. The SMILES string of the molecule is NC(=O)c1ccc(CN2CCCc3ccc(C(F)(F)F)cc32)cc1. The maximum atomic E-state index is 13.0. The second kappa shape index (κ2) is 6.19. The molecule has 0 atom stereocenters. The number of fused-ring (bicyclic) bond motifs is 1. The van der Waals surface area contributed by atoms with Gasteiger partial charge in [0.2, 0.25) is 5.91 Å². The van der Waals surface area contributed by atoms with Gasteiger partial charge in [-0.05, 0) is 48.2 Å². The molecule has 126 valence electrons. The monoisotopic (exact) mass is 334 g/mol. The van der Waals surface area contributed by atoms with E-state index in [-0.39, 0.29) is 0 Å². The zero-order valence-electron chi connectivity index (χ0n) is 12.9. The number of hydrogen-bond donors (Lipinski definition) is 1. The number of hydrogen-bond acceptors (Lipinski definition) is 2. The molecule has 6 heteroatoms. The first-order valence-electron chi connectivity index (χ1n) is 7.68. The average Bonchev–Trinajstić information content (AvgIpc) is 2.54. The van der Waals surface area contributed by atoms with E-state index < -0.39 is 17.6 Å². The quantitative estimate of drug-likeness (QED) is 0.929. The summed E-state index contributed by atoms with van der Waals surface area (Å²) in [5, 5.41) is 0. The molecule has 0 radical (unpaired) electrons. The van der Waals surface area contributed by atoms with Gasteiger partial charge in [-0.2, -0.15) is 13.2 Å². The molecular weight excluding hydrogens is 317 g/mol. The fraction of sp³-hybridized carbons (Fsp3) is 0.278. The molecule has 0 spiro atoms. The molecule has 1 amide bonds. The van der Waals surface area contributed by atoms with Gasteiger partial charge in [0, 0.05) is 24.3 Å². The molecule has 0 aromatic heterocycles. The van der Waals surface area contributed by atoms with E-state index in [0.29, 0.717) is 24.3 Å². The molecule has 0 aliphatic carbocycles. The van der Waals surface area contributed by atoms with E-state index in [0.717, 1.165) is 30.0 Å². The maximum absolute atomic E-state index is 13.0. The zero-order chi connectivity index (χ0) is 17.3. The minimum Gasteiger partial charge on any atom is -0.367 e. The number of aryl methyl sites for hydroxylation is 1. The Balaban J connectivity index is 1.87. The van der Waals surface area contributed by atoms with Crippen molar-refractivity contribution < 1.29 is 18.0 Å². The molecule has 24 heavy (non-hydrogen) atoms. The number of nitrogens with two attached hydrogens (primary N) is 1. The second-order valence-electron chi connectivity index (χ2n) is 5.93. The van der Waals surface area contributed by atoms with Crippen molar-refractivity contribution in [2.24, 2.45) is 5.73 Å². The average molecular weight is 334 g/mol. The summed E-state index contributed by atoms with van der Waals surface area (Å²) in [6, 6.07) is 10.8. The van der Waals surface area contributed by atoms with Gasteiger partial charge in [0.15, 0.2) is 0 Å². The molecule has 3 rings (SSSR count). The molecule has 0 saturated heterocycles. The van der Waals surface area contributed by atoms with Gasteiger partial charge in [0.25, 0.3) is 0 Å². The van der Waals surface area contributed by atoms with E-state index in [4.69, 9.17) is 5.73 Å². The molecule has 2 aromatic rings. The van der Waals surface area contributed by atoms with E-state index in [1.54, 1.807) is 30.3 Å². The van der Waals surface area contributed by atoms with Crippen LogP contribution in [0.4, 0.5) is 18.9 Å². The van der Waals surface area contributed by atoms with Gasteiger partial charge in [-0.3, -0.25) is 4.79 Å². The standard InChI is InChI=1S/C18H17F3N2O/c19-18(20,21)15-8-7-13-2-1-9-23(16(13)10-15)11-12-3-5-14(6-4-12)17(22)24/h3-8,10H,1-2,9,11H2,(H2,22,24). The number of nitrogens with zero attached hydrogens (tertiary/aromatic N) is 1. The van der Waals surface area contributed by atoms with E-state index in [1.165, 1.54) is 6.07 Å². The van der Waals surface area contributed by atoms with E-state index >= 15 is 0 Å². The first-order chi connectivity index (χ1) is 11.3. The first-order valence-corrected chi connectivity index (χ1v) is 7.68. The number of primary amides is 1. The third kappa shape index (κ3) is 3.37. The highest BCUT2D eigenvalue weighted by Crippen LogP contribution is 2.36. The number of halogens is 3. The highest BCUT2D eigenvalue weighted by atomic mass is 19.4. The summed E-state index contributed by atoms with van der Waals surface area (Å²) in [6.45, 7) is 1.19. The lowest BCUT2D eigenvalue weighted by Gasteiger charge is -2.32. The van der Waals surface area contributed by atoms with Crippen molar-refractivity contribution in [1.29, 1.82) is 0 Å². The van der Waals surface area contributed by atoms with Gasteiger partial charge < -0.3 is 10.6 Å². The summed E-state index contributed by atoms with van der Waals surface area (Å²) in [5.74, 6) is -0.500. The van der Waals surface area contributed by atoms with Crippen molar-refractivity contribution >= 4 is 11.6 Å². The third-order valence-corrected chi connectivity index (χ3v) is 4.24. The predicted octanol–water partition coefficient (Wildman–Crippen LogP) is 3.76. The lowest BCUT2D eigenvalue weighted by Crippen LogP contribution is -2.29. The van der Waals surface area contributed by atoms with Crippen molar-refractivity contribution in [1.82, 2.24) is 0 Å². The topological polar surface area (TPSA) is 46.3 Å². The Kier molecular flexibility index (Phi) is 4.22. The maximum Gasteiger partial charge on any atom is 0.416 e. The molecule has 1 heterocycles. The zero-order valence-corrected chi connectivity index (χ0v) is 12.9. The summed E-state index contributed by atoms with van der Waals surface area (Å²) in [7, 11) is 0. The summed E-state index contributed by atoms with van der Waals surface area (Å²) in [6.07, 6.45) is -2.66. The van der Waals surface area contributed by atoms with E-state index in [9.17, 15) is 18.0 Å². The van der Waals surface area contributed by atoms with Gasteiger partial charge >= 0.3 is 6.18 Å². The smallest absolute Gasteiger partial charge is 0.367 e. The van der Waals surface area contributed by atoms with Crippen LogP contribution in [0.1, 0.15) is 33.5 Å². The predicted molar refractivity (Wildman–Crippen MR) is 85.8 cm³/mol. The van der Waals surface area contributed by atoms with Crippen LogP contribution in [0, 0.1) is 0 Å². The number of rotatable bonds is 3. The lowest BCUT2D eigenvalue weighted by molar-refractivity contribution is -0.137. The van der Waals surface area contributed by atoms with Crippen LogP contribution in [0.15, 0.2) is 42.5 Å². The summed E-state index contributed by atoms with van der Waals surface area (Å²) in [4.78, 5) is 13.1. The minimum atomic E-state index is -4.35. The van der Waals surface area contributed by atoms with Crippen LogP contribution in [-0.2, 0) is 19.1 Å². The van der Waals surface area contributed by atoms with Crippen molar-refractivity contribution in [2.75, 3.05) is 11.4 Å². The van der Waals surface area contributed by atoms with Crippen LogP contribution in [0.2, 0.25) is 0 Å².